The van der Waals surface area contributed by atoms with Gasteiger partial charge in [-0.1, -0.05) is 42.5 Å². The first-order chi connectivity index (χ1) is 16.7. The van der Waals surface area contributed by atoms with Gasteiger partial charge in [0.25, 0.3) is 5.91 Å². The maximum absolute atomic E-state index is 13.8. The molecule has 0 bridgehead atoms. The Kier molecular flexibility index (Phi) is 7.31. The molecule has 3 aromatic rings. The summed E-state index contributed by atoms with van der Waals surface area (Å²) in [6, 6.07) is 21.0. The molecule has 1 atom stereocenters. The molecule has 1 aliphatic heterocycles. The fourth-order valence-electron chi connectivity index (χ4n) is 3.99. The molecule has 1 unspecified atom stereocenters. The fourth-order valence-corrected chi connectivity index (χ4v) is 3.99. The van der Waals surface area contributed by atoms with E-state index in [1.54, 1.807) is 18.2 Å². The van der Waals surface area contributed by atoms with Crippen LogP contribution >= 0.6 is 0 Å². The third-order valence-corrected chi connectivity index (χ3v) is 6.08. The van der Waals surface area contributed by atoms with Crippen LogP contribution in [-0.2, 0) is 11.0 Å². The summed E-state index contributed by atoms with van der Waals surface area (Å²) in [7, 11) is 1.98. The Bertz CT molecular complexity index is 1140. The van der Waals surface area contributed by atoms with Crippen LogP contribution in [0.3, 0.4) is 0 Å². The highest BCUT2D eigenvalue weighted by molar-refractivity contribution is 5.95. The van der Waals surface area contributed by atoms with Gasteiger partial charge >= 0.3 is 6.18 Å². The van der Waals surface area contributed by atoms with Crippen molar-refractivity contribution in [2.24, 2.45) is 0 Å². The SMILES string of the molecule is CC(Oc1ccc(-c2ccccc2)cc1)C(=O)Nc1ccc(N2CCN(C)CC2)cc1C(F)(F)F. The van der Waals surface area contributed by atoms with E-state index in [9.17, 15) is 18.0 Å². The van der Waals surface area contributed by atoms with Crippen molar-refractivity contribution in [2.45, 2.75) is 19.2 Å². The number of rotatable bonds is 6. The van der Waals surface area contributed by atoms with E-state index >= 15 is 0 Å². The molecule has 1 saturated heterocycles. The van der Waals surface area contributed by atoms with Crippen LogP contribution in [0.5, 0.6) is 5.75 Å². The van der Waals surface area contributed by atoms with Crippen LogP contribution in [0.15, 0.2) is 72.8 Å². The number of carbonyl (C=O) groups excluding carboxylic acids is 1. The summed E-state index contributed by atoms with van der Waals surface area (Å²) in [5, 5.41) is 2.40. The number of likely N-dealkylation sites (N-methyl/N-ethyl adjacent to an activating group) is 1. The van der Waals surface area contributed by atoms with Gasteiger partial charge < -0.3 is 19.9 Å². The number of piperazine rings is 1. The maximum Gasteiger partial charge on any atom is 0.418 e. The van der Waals surface area contributed by atoms with Gasteiger partial charge in [-0.05, 0) is 55.4 Å². The van der Waals surface area contributed by atoms with Gasteiger partial charge in [0.05, 0.1) is 11.3 Å². The molecule has 8 heteroatoms. The molecular weight excluding hydrogens is 455 g/mol. The van der Waals surface area contributed by atoms with E-state index in [1.807, 2.05) is 54.4 Å². The van der Waals surface area contributed by atoms with Crippen LogP contribution in [0.25, 0.3) is 11.1 Å². The fraction of sp³-hybridized carbons (Fsp3) is 0.296. The Morgan fingerprint density at radius 3 is 2.17 bits per heavy atom. The highest BCUT2D eigenvalue weighted by Crippen LogP contribution is 2.37. The average molecular weight is 484 g/mol. The van der Waals surface area contributed by atoms with Gasteiger partial charge in [-0.2, -0.15) is 13.2 Å². The Labute approximate surface area is 203 Å². The minimum atomic E-state index is -4.61. The number of halogens is 3. The van der Waals surface area contributed by atoms with Gasteiger partial charge in [-0.25, -0.2) is 0 Å². The summed E-state index contributed by atoms with van der Waals surface area (Å²) < 4.78 is 47.2. The number of benzene rings is 3. The molecule has 1 heterocycles. The quantitative estimate of drug-likeness (QED) is 0.501. The summed E-state index contributed by atoms with van der Waals surface area (Å²) >= 11 is 0. The zero-order valence-corrected chi connectivity index (χ0v) is 19.7. The molecule has 4 rings (SSSR count). The van der Waals surface area contributed by atoms with Gasteiger partial charge in [0.1, 0.15) is 5.75 Å². The molecule has 1 aliphatic rings. The van der Waals surface area contributed by atoms with Gasteiger partial charge in [0.15, 0.2) is 6.10 Å². The lowest BCUT2D eigenvalue weighted by molar-refractivity contribution is -0.137. The van der Waals surface area contributed by atoms with Crippen LogP contribution in [-0.4, -0.2) is 50.1 Å². The Morgan fingerprint density at radius 1 is 0.914 bits per heavy atom. The summed E-state index contributed by atoms with van der Waals surface area (Å²) in [6.45, 7) is 4.36. The van der Waals surface area contributed by atoms with E-state index < -0.39 is 23.8 Å². The van der Waals surface area contributed by atoms with Crippen LogP contribution in [0.1, 0.15) is 12.5 Å². The number of ether oxygens (including phenoxy) is 1. The highest BCUT2D eigenvalue weighted by atomic mass is 19.4. The number of hydrogen-bond acceptors (Lipinski definition) is 4. The molecule has 0 aromatic heterocycles. The van der Waals surface area contributed by atoms with Gasteiger partial charge in [0, 0.05) is 31.9 Å². The van der Waals surface area contributed by atoms with E-state index in [4.69, 9.17) is 4.74 Å². The summed E-state index contributed by atoms with van der Waals surface area (Å²) in [5.74, 6) is -0.205. The second-order valence-corrected chi connectivity index (χ2v) is 8.66. The lowest BCUT2D eigenvalue weighted by Crippen LogP contribution is -2.44. The number of alkyl halides is 3. The molecule has 1 N–H and O–H groups in total. The molecule has 3 aromatic carbocycles. The van der Waals surface area contributed by atoms with Crippen LogP contribution < -0.4 is 15.0 Å². The van der Waals surface area contributed by atoms with Crippen molar-refractivity contribution in [3.05, 3.63) is 78.4 Å². The number of nitrogens with one attached hydrogen (secondary N) is 1. The van der Waals surface area contributed by atoms with Crippen LogP contribution in [0.4, 0.5) is 24.5 Å². The lowest BCUT2D eigenvalue weighted by Gasteiger charge is -2.34. The molecule has 0 aliphatic carbocycles. The Morgan fingerprint density at radius 2 is 1.54 bits per heavy atom. The molecule has 1 amide bonds. The van der Waals surface area contributed by atoms with Gasteiger partial charge in [-0.15, -0.1) is 0 Å². The molecule has 184 valence electrons. The first kappa shape index (κ1) is 24.6. The third kappa shape index (κ3) is 6.14. The first-order valence-corrected chi connectivity index (χ1v) is 11.5. The van der Waals surface area contributed by atoms with E-state index in [1.165, 1.54) is 13.0 Å². The minimum Gasteiger partial charge on any atom is -0.481 e. The number of carbonyl (C=O) groups is 1. The van der Waals surface area contributed by atoms with Crippen LogP contribution in [0.2, 0.25) is 0 Å². The summed E-state index contributed by atoms with van der Waals surface area (Å²) in [4.78, 5) is 16.7. The zero-order valence-electron chi connectivity index (χ0n) is 19.7. The Balaban J connectivity index is 1.44. The number of hydrogen-bond donors (Lipinski definition) is 1. The topological polar surface area (TPSA) is 44.8 Å². The maximum atomic E-state index is 13.8. The molecule has 1 fully saturated rings. The average Bonchev–Trinajstić information content (AvgIpc) is 2.85. The first-order valence-electron chi connectivity index (χ1n) is 11.5. The molecule has 0 saturated carbocycles. The monoisotopic (exact) mass is 483 g/mol. The van der Waals surface area contributed by atoms with E-state index in [2.05, 4.69) is 10.2 Å². The highest BCUT2D eigenvalue weighted by Gasteiger charge is 2.35. The molecule has 5 nitrogen and oxygen atoms in total. The van der Waals surface area contributed by atoms with Crippen molar-refractivity contribution in [1.82, 2.24) is 4.90 Å². The van der Waals surface area contributed by atoms with E-state index in [0.717, 1.165) is 30.3 Å². The predicted octanol–water partition coefficient (Wildman–Crippen LogP) is 5.53. The largest absolute Gasteiger partial charge is 0.481 e. The van der Waals surface area contributed by atoms with Gasteiger partial charge in [-0.3, -0.25) is 4.79 Å². The van der Waals surface area contributed by atoms with Crippen molar-refractivity contribution in [3.8, 4) is 16.9 Å². The number of nitrogens with zero attached hydrogens (tertiary/aromatic N) is 2. The smallest absolute Gasteiger partial charge is 0.418 e. The lowest BCUT2D eigenvalue weighted by atomic mass is 10.1. The van der Waals surface area contributed by atoms with E-state index in [-0.39, 0.29) is 5.69 Å². The van der Waals surface area contributed by atoms with E-state index in [0.29, 0.717) is 24.5 Å². The van der Waals surface area contributed by atoms with Crippen LogP contribution in [0, 0.1) is 0 Å². The van der Waals surface area contributed by atoms with Crippen molar-refractivity contribution in [1.29, 1.82) is 0 Å². The van der Waals surface area contributed by atoms with Crippen molar-refractivity contribution >= 4 is 17.3 Å². The third-order valence-electron chi connectivity index (χ3n) is 6.08. The second kappa shape index (κ2) is 10.4. The molecule has 0 radical (unpaired) electrons. The normalized spacial score (nSPS) is 15.5. The minimum absolute atomic E-state index is 0.282. The molecule has 35 heavy (non-hydrogen) atoms. The number of amides is 1. The molecular formula is C27H28F3N3O2. The van der Waals surface area contributed by atoms with Gasteiger partial charge in [0.2, 0.25) is 0 Å². The zero-order chi connectivity index (χ0) is 25.0. The Hall–Kier alpha value is -3.52. The standard InChI is InChI=1S/C27H28F3N3O2/c1-19(35-23-11-8-21(9-12-23)20-6-4-3-5-7-20)26(34)31-25-13-10-22(18-24(25)27(28,29)30)33-16-14-32(2)15-17-33/h3-13,18-19H,14-17H2,1-2H3,(H,31,34). The summed E-state index contributed by atoms with van der Waals surface area (Å²) in [5.41, 5.74) is 1.37. The number of anilines is 2. The van der Waals surface area contributed by atoms with Crippen molar-refractivity contribution in [2.75, 3.05) is 43.4 Å². The second-order valence-electron chi connectivity index (χ2n) is 8.66. The van der Waals surface area contributed by atoms with Crippen molar-refractivity contribution in [3.63, 3.8) is 0 Å². The molecule has 0 spiro atoms. The predicted molar refractivity (Wildman–Crippen MR) is 132 cm³/mol. The summed E-state index contributed by atoms with van der Waals surface area (Å²) in [6.07, 6.45) is -5.60. The van der Waals surface area contributed by atoms with Crippen molar-refractivity contribution < 1.29 is 22.7 Å².